The maximum Gasteiger partial charge on any atom is 0.242 e. The van der Waals surface area contributed by atoms with Crippen LogP contribution < -0.4 is 5.32 Å². The summed E-state index contributed by atoms with van der Waals surface area (Å²) >= 11 is 1.72. The van der Waals surface area contributed by atoms with Gasteiger partial charge in [-0.05, 0) is 80.6 Å². The highest BCUT2D eigenvalue weighted by Gasteiger charge is 2.54. The van der Waals surface area contributed by atoms with Crippen LogP contribution in [0.2, 0.25) is 0 Å². The Morgan fingerprint density at radius 3 is 2.46 bits per heavy atom. The van der Waals surface area contributed by atoms with Gasteiger partial charge in [-0.25, -0.2) is 0 Å². The minimum atomic E-state index is -0.160. The maximum absolute atomic E-state index is 13.0. The molecule has 6 rings (SSSR count). The predicted octanol–water partition coefficient (Wildman–Crippen LogP) is 3.74. The molecule has 4 nitrogen and oxygen atoms in total. The van der Waals surface area contributed by atoms with Crippen molar-refractivity contribution in [3.8, 4) is 0 Å². The topological polar surface area (TPSA) is 49.4 Å². The second kappa shape index (κ2) is 6.36. The zero-order chi connectivity index (χ0) is 17.7. The van der Waals surface area contributed by atoms with Crippen LogP contribution in [0.3, 0.4) is 0 Å². The Bertz CT molecular complexity index is 664. The summed E-state index contributed by atoms with van der Waals surface area (Å²) in [5.41, 5.74) is -0.160. The zero-order valence-corrected chi connectivity index (χ0v) is 16.1. The summed E-state index contributed by atoms with van der Waals surface area (Å²) in [7, 11) is 0. The highest BCUT2D eigenvalue weighted by molar-refractivity contribution is 7.10. The average Bonchev–Trinajstić information content (AvgIpc) is 3.28. The Morgan fingerprint density at radius 2 is 1.85 bits per heavy atom. The van der Waals surface area contributed by atoms with E-state index in [-0.39, 0.29) is 29.8 Å². The van der Waals surface area contributed by atoms with Crippen LogP contribution in [0.5, 0.6) is 0 Å². The number of nitrogens with one attached hydrogen (secondary N) is 1. The van der Waals surface area contributed by atoms with Crippen LogP contribution in [-0.2, 0) is 9.59 Å². The van der Waals surface area contributed by atoms with Crippen molar-refractivity contribution in [3.05, 3.63) is 22.4 Å². The molecule has 1 aliphatic heterocycles. The Balaban J connectivity index is 1.22. The molecule has 1 unspecified atom stereocenters. The third-order valence-electron chi connectivity index (χ3n) is 7.36. The number of amides is 2. The first kappa shape index (κ1) is 16.8. The van der Waals surface area contributed by atoms with Crippen molar-refractivity contribution in [2.75, 3.05) is 13.1 Å². The summed E-state index contributed by atoms with van der Waals surface area (Å²) in [4.78, 5) is 29.1. The summed E-state index contributed by atoms with van der Waals surface area (Å²) in [6, 6.07) is 4.38. The molecule has 5 fully saturated rings. The first-order valence-electron chi connectivity index (χ1n) is 10.2. The fraction of sp³-hybridized carbons (Fsp3) is 0.714. The van der Waals surface area contributed by atoms with Gasteiger partial charge in [0.05, 0.1) is 12.6 Å². The molecule has 1 aromatic rings. The van der Waals surface area contributed by atoms with Gasteiger partial charge in [-0.3, -0.25) is 9.59 Å². The van der Waals surface area contributed by atoms with Crippen molar-refractivity contribution in [2.45, 2.75) is 57.4 Å². The van der Waals surface area contributed by atoms with Crippen LogP contribution in [0.25, 0.3) is 0 Å². The van der Waals surface area contributed by atoms with E-state index in [1.807, 2.05) is 4.90 Å². The van der Waals surface area contributed by atoms with E-state index >= 15 is 0 Å². The fourth-order valence-corrected chi connectivity index (χ4v) is 7.55. The number of carbonyl (C=O) groups excluding carboxylic acids is 2. The molecule has 26 heavy (non-hydrogen) atoms. The standard InChI is InChI=1S/C21H28N2O2S/c24-19(23-5-1-3-17(23)18-4-2-6-26-18)13-22-20(25)21-10-14-7-15(11-21)9-16(8-14)12-21/h2,4,6,14-17H,1,3,5,7-13H2,(H,22,25). The van der Waals surface area contributed by atoms with Crippen LogP contribution >= 0.6 is 11.3 Å². The number of hydrogen-bond donors (Lipinski definition) is 1. The SMILES string of the molecule is O=C(CNC(=O)C12CC3CC(CC(C3)C1)C2)N1CCCC1c1cccs1. The van der Waals surface area contributed by atoms with E-state index in [4.69, 9.17) is 0 Å². The van der Waals surface area contributed by atoms with E-state index in [2.05, 4.69) is 22.8 Å². The van der Waals surface area contributed by atoms with E-state index in [1.165, 1.54) is 24.1 Å². The molecule has 2 amide bonds. The molecule has 0 aromatic carbocycles. The van der Waals surface area contributed by atoms with E-state index in [0.717, 1.165) is 56.4 Å². The van der Waals surface area contributed by atoms with Crippen LogP contribution in [0.1, 0.15) is 62.3 Å². The molecule has 0 radical (unpaired) electrons. The molecule has 1 atom stereocenters. The molecule has 4 saturated carbocycles. The van der Waals surface area contributed by atoms with Crippen molar-refractivity contribution < 1.29 is 9.59 Å². The Hall–Kier alpha value is -1.36. The van der Waals surface area contributed by atoms with Gasteiger partial charge in [-0.1, -0.05) is 6.07 Å². The molecule has 140 valence electrons. The third kappa shape index (κ3) is 2.79. The number of thiophene rings is 1. The van der Waals surface area contributed by atoms with Gasteiger partial charge < -0.3 is 10.2 Å². The first-order chi connectivity index (χ1) is 12.6. The molecule has 4 aliphatic carbocycles. The van der Waals surface area contributed by atoms with E-state index in [0.29, 0.717) is 0 Å². The lowest BCUT2D eigenvalue weighted by Gasteiger charge is -2.55. The third-order valence-corrected chi connectivity index (χ3v) is 8.34. The molecule has 1 aromatic heterocycles. The van der Waals surface area contributed by atoms with Crippen LogP contribution in [0, 0.1) is 23.2 Å². The van der Waals surface area contributed by atoms with Crippen molar-refractivity contribution in [2.24, 2.45) is 23.2 Å². The number of likely N-dealkylation sites (tertiary alicyclic amines) is 1. The summed E-state index contributed by atoms with van der Waals surface area (Å²) < 4.78 is 0. The van der Waals surface area contributed by atoms with Crippen LogP contribution in [-0.4, -0.2) is 29.8 Å². The van der Waals surface area contributed by atoms with Gasteiger partial charge in [0.15, 0.2) is 0 Å². The number of rotatable bonds is 4. The highest BCUT2D eigenvalue weighted by Crippen LogP contribution is 2.60. The average molecular weight is 373 g/mol. The zero-order valence-electron chi connectivity index (χ0n) is 15.3. The van der Waals surface area contributed by atoms with E-state index < -0.39 is 0 Å². The van der Waals surface area contributed by atoms with Crippen molar-refractivity contribution in [1.29, 1.82) is 0 Å². The predicted molar refractivity (Wildman–Crippen MR) is 102 cm³/mol. The molecular formula is C21H28N2O2S. The number of carbonyl (C=O) groups is 2. The molecule has 0 spiro atoms. The van der Waals surface area contributed by atoms with Gasteiger partial charge in [-0.2, -0.15) is 0 Å². The molecule has 5 heteroatoms. The van der Waals surface area contributed by atoms with E-state index in [9.17, 15) is 9.59 Å². The molecule has 4 bridgehead atoms. The lowest BCUT2D eigenvalue weighted by atomic mass is 9.49. The summed E-state index contributed by atoms with van der Waals surface area (Å²) in [6.07, 6.45) is 9.26. The van der Waals surface area contributed by atoms with Gasteiger partial charge >= 0.3 is 0 Å². The summed E-state index contributed by atoms with van der Waals surface area (Å²) in [5.74, 6) is 2.51. The fourth-order valence-electron chi connectivity index (χ4n) is 6.68. The summed E-state index contributed by atoms with van der Waals surface area (Å²) in [6.45, 7) is 0.983. The van der Waals surface area contributed by atoms with E-state index in [1.54, 1.807) is 11.3 Å². The quantitative estimate of drug-likeness (QED) is 0.875. The number of hydrogen-bond acceptors (Lipinski definition) is 3. The Labute approximate surface area is 159 Å². The molecule has 1 saturated heterocycles. The first-order valence-corrected chi connectivity index (χ1v) is 11.1. The maximum atomic E-state index is 13.0. The minimum Gasteiger partial charge on any atom is -0.347 e. The lowest BCUT2D eigenvalue weighted by molar-refractivity contribution is -0.148. The summed E-state index contributed by atoms with van der Waals surface area (Å²) in [5, 5.41) is 5.13. The second-order valence-corrected chi connectivity index (χ2v) is 10.1. The van der Waals surface area contributed by atoms with Crippen molar-refractivity contribution in [3.63, 3.8) is 0 Å². The van der Waals surface area contributed by atoms with Gasteiger partial charge in [0.2, 0.25) is 11.8 Å². The molecular weight excluding hydrogens is 344 g/mol. The monoisotopic (exact) mass is 372 g/mol. The van der Waals surface area contributed by atoms with Crippen molar-refractivity contribution >= 4 is 23.2 Å². The molecule has 5 aliphatic rings. The van der Waals surface area contributed by atoms with Gasteiger partial charge in [0.1, 0.15) is 0 Å². The normalized spacial score (nSPS) is 37.9. The van der Waals surface area contributed by atoms with Crippen molar-refractivity contribution in [1.82, 2.24) is 10.2 Å². The Kier molecular flexibility index (Phi) is 4.11. The largest absolute Gasteiger partial charge is 0.347 e. The molecule has 1 N–H and O–H groups in total. The van der Waals surface area contributed by atoms with Crippen LogP contribution in [0.15, 0.2) is 17.5 Å². The van der Waals surface area contributed by atoms with Gasteiger partial charge in [0, 0.05) is 16.8 Å². The highest BCUT2D eigenvalue weighted by atomic mass is 32.1. The lowest BCUT2D eigenvalue weighted by Crippen LogP contribution is -2.54. The van der Waals surface area contributed by atoms with Gasteiger partial charge in [-0.15, -0.1) is 11.3 Å². The molecule has 2 heterocycles. The number of nitrogens with zero attached hydrogens (tertiary/aromatic N) is 1. The Morgan fingerprint density at radius 1 is 1.15 bits per heavy atom. The minimum absolute atomic E-state index is 0.0824. The smallest absolute Gasteiger partial charge is 0.242 e. The van der Waals surface area contributed by atoms with Gasteiger partial charge in [0.25, 0.3) is 0 Å². The second-order valence-electron chi connectivity index (χ2n) is 9.14. The van der Waals surface area contributed by atoms with Crippen LogP contribution in [0.4, 0.5) is 0 Å².